The highest BCUT2D eigenvalue weighted by molar-refractivity contribution is 7.07. The zero-order valence-corrected chi connectivity index (χ0v) is 22.2. The van der Waals surface area contributed by atoms with E-state index in [-0.39, 0.29) is 11.4 Å². The zero-order chi connectivity index (χ0) is 27.4. The van der Waals surface area contributed by atoms with Gasteiger partial charge in [0.2, 0.25) is 0 Å². The maximum atomic E-state index is 13.4. The predicted molar refractivity (Wildman–Crippen MR) is 144 cm³/mol. The first kappa shape index (κ1) is 26.5. The Hall–Kier alpha value is -4.54. The largest absolute Gasteiger partial charge is 0.493 e. The lowest BCUT2D eigenvalue weighted by Crippen LogP contribution is -2.45. The highest BCUT2D eigenvalue weighted by Gasteiger charge is 2.38. The van der Waals surface area contributed by atoms with Crippen LogP contribution in [0.2, 0.25) is 0 Å². The Bertz CT molecular complexity index is 1660. The molecular formula is C28H26N4O5S. The second-order valence-electron chi connectivity index (χ2n) is 8.24. The first-order valence-electron chi connectivity index (χ1n) is 11.9. The number of nitriles is 2. The summed E-state index contributed by atoms with van der Waals surface area (Å²) in [6.45, 7) is 4.66. The molecule has 2 atom stereocenters. The van der Waals surface area contributed by atoms with Gasteiger partial charge in [-0.15, -0.1) is 11.3 Å². The third kappa shape index (κ3) is 4.62. The number of thiazole rings is 1. The summed E-state index contributed by atoms with van der Waals surface area (Å²) in [6, 6.07) is 14.9. The number of nitrogens with one attached hydrogen (secondary N) is 1. The highest BCUT2D eigenvalue weighted by atomic mass is 32.1. The normalized spacial score (nSPS) is 16.8. The van der Waals surface area contributed by atoms with Gasteiger partial charge in [0.15, 0.2) is 23.0 Å². The lowest BCUT2D eigenvalue weighted by atomic mass is 9.79. The lowest BCUT2D eigenvalue weighted by Gasteiger charge is -2.27. The number of nitrogens with zero attached hydrogens (tertiary/aromatic N) is 3. The molecule has 38 heavy (non-hydrogen) atoms. The lowest BCUT2D eigenvalue weighted by molar-refractivity contribution is 0.310. The van der Waals surface area contributed by atoms with E-state index in [2.05, 4.69) is 12.1 Å². The molecule has 2 aromatic carbocycles. The van der Waals surface area contributed by atoms with E-state index >= 15 is 0 Å². The van der Waals surface area contributed by atoms with E-state index in [9.17, 15) is 15.3 Å². The zero-order valence-electron chi connectivity index (χ0n) is 21.4. The Kier molecular flexibility index (Phi) is 7.85. The molecule has 1 aliphatic heterocycles. The van der Waals surface area contributed by atoms with Gasteiger partial charge < -0.3 is 18.9 Å². The van der Waals surface area contributed by atoms with E-state index in [0.29, 0.717) is 56.5 Å². The number of aromatic nitrogens is 1. The number of hydrogen-bond acceptors (Lipinski definition) is 9. The third-order valence-electron chi connectivity index (χ3n) is 6.13. The van der Waals surface area contributed by atoms with Crippen LogP contribution in [0.4, 0.5) is 0 Å². The Morgan fingerprint density at radius 2 is 1.63 bits per heavy atom. The molecule has 2 unspecified atom stereocenters. The molecule has 0 fully saturated rings. The number of ether oxygens (including phenoxy) is 4. The molecule has 0 bridgehead atoms. The Labute approximate surface area is 223 Å². The minimum Gasteiger partial charge on any atom is -0.493 e. The van der Waals surface area contributed by atoms with E-state index in [0.717, 1.165) is 15.9 Å². The van der Waals surface area contributed by atoms with Crippen molar-refractivity contribution < 1.29 is 18.9 Å². The van der Waals surface area contributed by atoms with Gasteiger partial charge in [-0.2, -0.15) is 10.5 Å². The molecule has 10 heteroatoms. The minimum absolute atomic E-state index is 0.176. The van der Waals surface area contributed by atoms with Crippen LogP contribution < -0.4 is 33.7 Å². The van der Waals surface area contributed by atoms with Crippen molar-refractivity contribution in [3.8, 4) is 35.1 Å². The molecule has 9 nitrogen and oxygen atoms in total. The summed E-state index contributed by atoms with van der Waals surface area (Å²) in [5.74, 6) is 0.119. The molecule has 0 saturated carbocycles. The van der Waals surface area contributed by atoms with Crippen LogP contribution in [0.5, 0.6) is 23.0 Å². The first-order chi connectivity index (χ1) is 18.4. The average molecular weight is 531 g/mol. The SMILES string of the molecule is CCOc1ccc(C=c2sc3n(c2=O)C(=N)C(C#N)C(c2ccc(OCC)c(OC)c2)C=3C#N)cc1OC. The fourth-order valence-corrected chi connectivity index (χ4v) is 5.58. The number of methoxy groups -OCH3 is 2. The van der Waals surface area contributed by atoms with E-state index in [4.69, 9.17) is 24.4 Å². The van der Waals surface area contributed by atoms with E-state index in [1.807, 2.05) is 13.8 Å². The molecule has 0 radical (unpaired) electrons. The highest BCUT2D eigenvalue weighted by Crippen LogP contribution is 2.39. The minimum atomic E-state index is -1.05. The number of hydrogen-bond donors (Lipinski definition) is 1. The summed E-state index contributed by atoms with van der Waals surface area (Å²) < 4.78 is 23.9. The molecule has 0 spiro atoms. The average Bonchev–Trinajstić information content (AvgIpc) is 3.25. The van der Waals surface area contributed by atoms with Gasteiger partial charge in [-0.05, 0) is 55.3 Å². The maximum absolute atomic E-state index is 13.4. The summed E-state index contributed by atoms with van der Waals surface area (Å²) in [6.07, 6.45) is 1.68. The molecule has 4 rings (SSSR count). The summed E-state index contributed by atoms with van der Waals surface area (Å²) in [5.41, 5.74) is 1.09. The van der Waals surface area contributed by atoms with Crippen molar-refractivity contribution in [2.24, 2.45) is 5.92 Å². The van der Waals surface area contributed by atoms with E-state index in [1.54, 1.807) is 42.5 Å². The molecule has 0 aliphatic carbocycles. The van der Waals surface area contributed by atoms with Crippen LogP contribution in [0.15, 0.2) is 41.2 Å². The molecule has 1 N–H and O–H groups in total. The van der Waals surface area contributed by atoms with Crippen LogP contribution in [0.3, 0.4) is 0 Å². The van der Waals surface area contributed by atoms with Crippen LogP contribution in [0.1, 0.15) is 30.9 Å². The van der Waals surface area contributed by atoms with Crippen molar-refractivity contribution >= 4 is 28.8 Å². The van der Waals surface area contributed by atoms with Gasteiger partial charge in [-0.3, -0.25) is 14.8 Å². The fourth-order valence-electron chi connectivity index (χ4n) is 4.44. The summed E-state index contributed by atoms with van der Waals surface area (Å²) in [4.78, 5) is 13.4. The van der Waals surface area contributed by atoms with Gasteiger partial charge in [0.05, 0.1) is 49.7 Å². The number of fused-ring (bicyclic) bond motifs is 1. The second-order valence-corrected chi connectivity index (χ2v) is 9.27. The summed E-state index contributed by atoms with van der Waals surface area (Å²) >= 11 is 1.11. The van der Waals surface area contributed by atoms with Crippen molar-refractivity contribution in [3.05, 3.63) is 67.1 Å². The standard InChI is InChI=1S/C28H26N4O5S/c1-5-36-20-9-7-16(11-22(20)34-3)12-24-27(33)32-26(31)18(14-29)25(19(15-30)28(32)38-24)17-8-10-21(37-6-2)23(13-17)35-4/h7-13,18,25,31H,5-6H2,1-4H3. The van der Waals surface area contributed by atoms with Crippen LogP contribution in [0, 0.1) is 34.0 Å². The van der Waals surface area contributed by atoms with E-state index in [1.165, 1.54) is 14.2 Å². The van der Waals surface area contributed by atoms with Crippen LogP contribution >= 0.6 is 11.3 Å². The van der Waals surface area contributed by atoms with Crippen molar-refractivity contribution in [1.29, 1.82) is 15.9 Å². The van der Waals surface area contributed by atoms with Crippen LogP contribution in [0.25, 0.3) is 11.6 Å². The van der Waals surface area contributed by atoms with Gasteiger partial charge in [0.1, 0.15) is 16.4 Å². The molecule has 1 aromatic heterocycles. The third-order valence-corrected chi connectivity index (χ3v) is 7.23. The van der Waals surface area contributed by atoms with Gasteiger partial charge in [0, 0.05) is 5.92 Å². The van der Waals surface area contributed by atoms with Gasteiger partial charge >= 0.3 is 0 Å². The monoisotopic (exact) mass is 530 g/mol. The summed E-state index contributed by atoms with van der Waals surface area (Å²) in [5, 5.41) is 29.0. The van der Waals surface area contributed by atoms with Crippen LogP contribution in [-0.4, -0.2) is 37.8 Å². The topological polar surface area (TPSA) is 130 Å². The molecule has 0 amide bonds. The van der Waals surface area contributed by atoms with Gasteiger partial charge in [0.25, 0.3) is 5.56 Å². The fraction of sp³-hybridized carbons (Fsp3) is 0.286. The van der Waals surface area contributed by atoms with Crippen molar-refractivity contribution in [2.75, 3.05) is 27.4 Å². The predicted octanol–water partition coefficient (Wildman–Crippen LogP) is 2.99. The number of benzene rings is 2. The molecule has 0 saturated heterocycles. The second kappa shape index (κ2) is 11.2. The molecule has 3 aromatic rings. The first-order valence-corrected chi connectivity index (χ1v) is 12.7. The maximum Gasteiger partial charge on any atom is 0.274 e. The van der Waals surface area contributed by atoms with Crippen molar-refractivity contribution in [1.82, 2.24) is 4.57 Å². The molecule has 2 heterocycles. The Balaban J connectivity index is 1.93. The Morgan fingerprint density at radius 1 is 1.00 bits per heavy atom. The van der Waals surface area contributed by atoms with Crippen LogP contribution in [-0.2, 0) is 0 Å². The Morgan fingerprint density at radius 3 is 2.21 bits per heavy atom. The smallest absolute Gasteiger partial charge is 0.274 e. The molecular weight excluding hydrogens is 504 g/mol. The number of rotatable bonds is 8. The molecule has 1 aliphatic rings. The molecule has 194 valence electrons. The van der Waals surface area contributed by atoms with Gasteiger partial charge in [-0.25, -0.2) is 0 Å². The quantitative estimate of drug-likeness (QED) is 0.474. The van der Waals surface area contributed by atoms with E-state index < -0.39 is 17.4 Å². The summed E-state index contributed by atoms with van der Waals surface area (Å²) in [7, 11) is 3.05. The van der Waals surface area contributed by atoms with Gasteiger partial charge in [-0.1, -0.05) is 12.1 Å². The van der Waals surface area contributed by atoms with Crippen molar-refractivity contribution in [2.45, 2.75) is 19.8 Å². The van der Waals surface area contributed by atoms with Crippen molar-refractivity contribution in [3.63, 3.8) is 0 Å².